The molecule has 0 aliphatic rings. The molecule has 128 valence electrons. The van der Waals surface area contributed by atoms with Gasteiger partial charge < -0.3 is 14.9 Å². The van der Waals surface area contributed by atoms with Crippen molar-refractivity contribution in [3.63, 3.8) is 0 Å². The van der Waals surface area contributed by atoms with Gasteiger partial charge in [0.25, 0.3) is 0 Å². The molecule has 3 aromatic rings. The van der Waals surface area contributed by atoms with Gasteiger partial charge in [-0.2, -0.15) is 0 Å². The highest BCUT2D eigenvalue weighted by atomic mass is 19.1. The number of primary amides is 1. The highest BCUT2D eigenvalue weighted by Crippen LogP contribution is 2.26. The van der Waals surface area contributed by atoms with Crippen LogP contribution < -0.4 is 10.5 Å². The van der Waals surface area contributed by atoms with Crippen LogP contribution in [0, 0.1) is 11.6 Å². The monoisotopic (exact) mass is 344 g/mol. The van der Waals surface area contributed by atoms with Crippen LogP contribution in [-0.4, -0.2) is 10.9 Å². The number of nitrogens with two attached hydrogens (primary N) is 1. The van der Waals surface area contributed by atoms with E-state index in [4.69, 9.17) is 14.9 Å². The van der Waals surface area contributed by atoms with Crippen molar-refractivity contribution in [1.29, 1.82) is 0 Å². The molecule has 1 aromatic heterocycles. The maximum absolute atomic E-state index is 13.8. The van der Waals surface area contributed by atoms with Gasteiger partial charge in [-0.3, -0.25) is 4.79 Å². The highest BCUT2D eigenvalue weighted by Gasteiger charge is 2.17. The molecule has 7 heteroatoms. The Morgan fingerprint density at radius 2 is 1.84 bits per heavy atom. The normalized spacial score (nSPS) is 10.6. The molecule has 0 fully saturated rings. The van der Waals surface area contributed by atoms with Crippen LogP contribution in [0.3, 0.4) is 0 Å². The Bertz CT molecular complexity index is 889. The zero-order valence-corrected chi connectivity index (χ0v) is 13.0. The smallest absolute Gasteiger partial charge is 0.232 e. The molecular formula is C18H14F2N2O3. The molecule has 0 unspecified atom stereocenters. The fourth-order valence-corrected chi connectivity index (χ4v) is 2.32. The third kappa shape index (κ3) is 3.82. The molecule has 2 aromatic carbocycles. The number of ether oxygens (including phenoxy) is 1. The van der Waals surface area contributed by atoms with Gasteiger partial charge in [0, 0.05) is 5.56 Å². The van der Waals surface area contributed by atoms with Crippen LogP contribution in [0.15, 0.2) is 53.1 Å². The van der Waals surface area contributed by atoms with Crippen molar-refractivity contribution >= 4 is 5.91 Å². The predicted molar refractivity (Wildman–Crippen MR) is 85.5 cm³/mol. The van der Waals surface area contributed by atoms with E-state index < -0.39 is 17.5 Å². The van der Waals surface area contributed by atoms with Gasteiger partial charge >= 0.3 is 0 Å². The van der Waals surface area contributed by atoms with E-state index in [9.17, 15) is 13.6 Å². The zero-order valence-electron chi connectivity index (χ0n) is 13.0. The predicted octanol–water partition coefficient (Wildman–Crippen LogP) is 3.23. The lowest BCUT2D eigenvalue weighted by atomic mass is 10.1. The Morgan fingerprint density at radius 1 is 1.12 bits per heavy atom. The summed E-state index contributed by atoms with van der Waals surface area (Å²) in [7, 11) is 0. The molecule has 0 radical (unpaired) electrons. The number of para-hydroxylation sites is 1. The van der Waals surface area contributed by atoms with Crippen LogP contribution in [0.1, 0.15) is 11.3 Å². The lowest BCUT2D eigenvalue weighted by molar-refractivity contribution is -0.117. The Hall–Kier alpha value is -3.22. The summed E-state index contributed by atoms with van der Waals surface area (Å²) in [6.07, 6.45) is 1.30. The van der Waals surface area contributed by atoms with E-state index in [0.717, 1.165) is 12.1 Å². The van der Waals surface area contributed by atoms with Gasteiger partial charge in [-0.1, -0.05) is 24.3 Å². The molecule has 0 bridgehead atoms. The number of aromatic nitrogens is 1. The van der Waals surface area contributed by atoms with Gasteiger partial charge in [-0.25, -0.2) is 13.8 Å². The van der Waals surface area contributed by atoms with Gasteiger partial charge in [0.15, 0.2) is 0 Å². The van der Waals surface area contributed by atoms with Crippen molar-refractivity contribution in [3.8, 4) is 17.2 Å². The second-order valence-corrected chi connectivity index (χ2v) is 5.28. The lowest BCUT2D eigenvalue weighted by Crippen LogP contribution is -2.14. The van der Waals surface area contributed by atoms with Crippen molar-refractivity contribution in [1.82, 2.24) is 4.98 Å². The minimum atomic E-state index is -0.763. The number of amides is 1. The fourth-order valence-electron chi connectivity index (χ4n) is 2.32. The van der Waals surface area contributed by atoms with Crippen LogP contribution in [0.25, 0.3) is 11.5 Å². The molecule has 3 rings (SSSR count). The molecule has 2 N–H and O–H groups in total. The summed E-state index contributed by atoms with van der Waals surface area (Å²) in [6.45, 7) is 0.00927. The number of oxazole rings is 1. The average Bonchev–Trinajstić information content (AvgIpc) is 3.02. The number of rotatable bonds is 6. The third-order valence-corrected chi connectivity index (χ3v) is 3.44. The van der Waals surface area contributed by atoms with E-state index in [1.165, 1.54) is 12.3 Å². The minimum absolute atomic E-state index is 0.00927. The Labute approximate surface area is 142 Å². The number of nitrogens with zero attached hydrogens (tertiary/aromatic N) is 1. The van der Waals surface area contributed by atoms with E-state index in [1.54, 1.807) is 24.3 Å². The van der Waals surface area contributed by atoms with E-state index in [-0.39, 0.29) is 24.5 Å². The van der Waals surface area contributed by atoms with Crippen LogP contribution in [0.5, 0.6) is 5.75 Å². The maximum atomic E-state index is 13.8. The third-order valence-electron chi connectivity index (χ3n) is 3.44. The lowest BCUT2D eigenvalue weighted by Gasteiger charge is -2.08. The SMILES string of the molecule is NC(=O)Cc1ccccc1OCc1coc(-c2c(F)cccc2F)n1. The van der Waals surface area contributed by atoms with Gasteiger partial charge in [0.1, 0.15) is 41.5 Å². The summed E-state index contributed by atoms with van der Waals surface area (Å²) in [5, 5.41) is 0. The molecule has 25 heavy (non-hydrogen) atoms. The quantitative estimate of drug-likeness (QED) is 0.745. The first-order chi connectivity index (χ1) is 12.0. The first kappa shape index (κ1) is 16.6. The first-order valence-corrected chi connectivity index (χ1v) is 7.42. The molecule has 5 nitrogen and oxygen atoms in total. The van der Waals surface area contributed by atoms with Crippen LogP contribution in [0.4, 0.5) is 8.78 Å². The molecule has 0 spiro atoms. The van der Waals surface area contributed by atoms with Gasteiger partial charge in [0.05, 0.1) is 6.42 Å². The first-order valence-electron chi connectivity index (χ1n) is 7.42. The largest absolute Gasteiger partial charge is 0.487 e. The number of halogens is 2. The summed E-state index contributed by atoms with van der Waals surface area (Å²) < 4.78 is 38.3. The number of hydrogen-bond donors (Lipinski definition) is 1. The average molecular weight is 344 g/mol. The van der Waals surface area contributed by atoms with Crippen molar-refractivity contribution in [2.24, 2.45) is 5.73 Å². The van der Waals surface area contributed by atoms with Crippen molar-refractivity contribution < 1.29 is 22.7 Å². The molecule has 0 aliphatic heterocycles. The molecule has 1 amide bonds. The summed E-state index contributed by atoms with van der Waals surface area (Å²) in [4.78, 5) is 15.1. The topological polar surface area (TPSA) is 78.4 Å². The van der Waals surface area contributed by atoms with E-state index in [2.05, 4.69) is 4.98 Å². The molecule has 1 heterocycles. The Kier molecular flexibility index (Phi) is 4.74. The van der Waals surface area contributed by atoms with E-state index in [1.807, 2.05) is 0 Å². The van der Waals surface area contributed by atoms with Crippen molar-refractivity contribution in [2.75, 3.05) is 0 Å². The summed E-state index contributed by atoms with van der Waals surface area (Å²) in [6, 6.07) is 10.4. The summed E-state index contributed by atoms with van der Waals surface area (Å²) in [5.41, 5.74) is 5.86. The number of carbonyl (C=O) groups is 1. The van der Waals surface area contributed by atoms with Crippen LogP contribution >= 0.6 is 0 Å². The number of hydrogen-bond acceptors (Lipinski definition) is 4. The standard InChI is InChI=1S/C18H14F2N2O3/c19-13-5-3-6-14(20)17(13)18-22-12(10-25-18)9-24-15-7-2-1-4-11(15)8-16(21)23/h1-7,10H,8-9H2,(H2,21,23). The van der Waals surface area contributed by atoms with E-state index in [0.29, 0.717) is 17.0 Å². The fraction of sp³-hybridized carbons (Fsp3) is 0.111. The minimum Gasteiger partial charge on any atom is -0.487 e. The van der Waals surface area contributed by atoms with Gasteiger partial charge in [0.2, 0.25) is 11.8 Å². The molecule has 0 saturated carbocycles. The Balaban J connectivity index is 1.76. The van der Waals surface area contributed by atoms with Gasteiger partial charge in [-0.15, -0.1) is 0 Å². The summed E-state index contributed by atoms with van der Waals surface area (Å²) in [5.74, 6) is -1.69. The number of benzene rings is 2. The maximum Gasteiger partial charge on any atom is 0.232 e. The summed E-state index contributed by atoms with van der Waals surface area (Å²) >= 11 is 0. The molecule has 0 atom stereocenters. The second-order valence-electron chi connectivity index (χ2n) is 5.28. The molecule has 0 aliphatic carbocycles. The van der Waals surface area contributed by atoms with Crippen molar-refractivity contribution in [3.05, 3.63) is 71.6 Å². The number of carbonyl (C=O) groups excluding carboxylic acids is 1. The zero-order chi connectivity index (χ0) is 17.8. The van der Waals surface area contributed by atoms with Crippen LogP contribution in [-0.2, 0) is 17.8 Å². The Morgan fingerprint density at radius 3 is 2.56 bits per heavy atom. The molecular weight excluding hydrogens is 330 g/mol. The van der Waals surface area contributed by atoms with Gasteiger partial charge in [-0.05, 0) is 18.2 Å². The van der Waals surface area contributed by atoms with E-state index >= 15 is 0 Å². The van der Waals surface area contributed by atoms with Crippen molar-refractivity contribution in [2.45, 2.75) is 13.0 Å². The molecule has 0 saturated heterocycles. The second kappa shape index (κ2) is 7.12. The highest BCUT2D eigenvalue weighted by molar-refractivity contribution is 5.77. The van der Waals surface area contributed by atoms with Crippen LogP contribution in [0.2, 0.25) is 0 Å².